The molecule has 1 fully saturated rings. The fourth-order valence-electron chi connectivity index (χ4n) is 3.46. The van der Waals surface area contributed by atoms with Crippen molar-refractivity contribution in [2.24, 2.45) is 0 Å². The normalized spacial score (nSPS) is 15.6. The second kappa shape index (κ2) is 8.18. The van der Waals surface area contributed by atoms with Crippen molar-refractivity contribution in [3.8, 4) is 11.3 Å². The predicted octanol–water partition coefficient (Wildman–Crippen LogP) is 4.70. The lowest BCUT2D eigenvalue weighted by Gasteiger charge is -2.33. The minimum atomic E-state index is -3.48. The van der Waals surface area contributed by atoms with Gasteiger partial charge in [-0.3, -0.25) is 0 Å². The third kappa shape index (κ3) is 4.12. The van der Waals surface area contributed by atoms with Crippen molar-refractivity contribution in [3.05, 3.63) is 63.4 Å². The molecule has 152 valence electrons. The summed E-state index contributed by atoms with van der Waals surface area (Å²) in [6.45, 7) is 6.40. The van der Waals surface area contributed by atoms with Gasteiger partial charge in [0.2, 0.25) is 10.0 Å². The van der Waals surface area contributed by atoms with Crippen LogP contribution in [0, 0.1) is 13.8 Å². The number of halogens is 1. The minimum Gasteiger partial charge on any atom is -0.345 e. The van der Waals surface area contributed by atoms with Crippen molar-refractivity contribution < 1.29 is 8.42 Å². The van der Waals surface area contributed by atoms with Crippen LogP contribution in [0.3, 0.4) is 0 Å². The maximum atomic E-state index is 12.9. The summed E-state index contributed by atoms with van der Waals surface area (Å²) in [5, 5.41) is 3.03. The number of thiazole rings is 1. The van der Waals surface area contributed by atoms with E-state index in [1.807, 2.05) is 6.07 Å². The maximum Gasteiger partial charge on any atom is 0.243 e. The van der Waals surface area contributed by atoms with Gasteiger partial charge >= 0.3 is 0 Å². The lowest BCUT2D eigenvalue weighted by molar-refractivity contribution is 0.385. The fourth-order valence-corrected chi connectivity index (χ4v) is 6.36. The molecule has 4 rings (SSSR count). The molecule has 3 aromatic rings. The van der Waals surface area contributed by atoms with Crippen molar-refractivity contribution in [2.45, 2.75) is 18.7 Å². The molecular formula is C21H22BrN3O2S2. The Hall–Kier alpha value is -1.74. The molecule has 0 aliphatic carbocycles. The van der Waals surface area contributed by atoms with Crippen LogP contribution in [0.25, 0.3) is 11.3 Å². The molecule has 5 nitrogen and oxygen atoms in total. The van der Waals surface area contributed by atoms with Crippen molar-refractivity contribution >= 4 is 42.4 Å². The van der Waals surface area contributed by atoms with Crippen LogP contribution in [-0.4, -0.2) is 43.9 Å². The van der Waals surface area contributed by atoms with Crippen molar-refractivity contribution in [2.75, 3.05) is 31.1 Å². The quantitative estimate of drug-likeness (QED) is 0.530. The Balaban J connectivity index is 1.48. The number of nitrogens with zero attached hydrogens (tertiary/aromatic N) is 3. The van der Waals surface area contributed by atoms with Gasteiger partial charge in [0.25, 0.3) is 0 Å². The van der Waals surface area contributed by atoms with E-state index in [0.717, 1.165) is 20.9 Å². The van der Waals surface area contributed by atoms with E-state index in [0.29, 0.717) is 31.1 Å². The SMILES string of the molecule is Cc1cccc(-c2csc(N3CCN(S(=O)(=O)c4cccc(Br)c4)CC3)n2)c1C. The third-order valence-electron chi connectivity index (χ3n) is 5.32. The highest BCUT2D eigenvalue weighted by atomic mass is 79.9. The molecule has 1 aliphatic rings. The van der Waals surface area contributed by atoms with Gasteiger partial charge < -0.3 is 4.90 Å². The summed E-state index contributed by atoms with van der Waals surface area (Å²) in [4.78, 5) is 7.33. The van der Waals surface area contributed by atoms with E-state index < -0.39 is 10.0 Å². The minimum absolute atomic E-state index is 0.326. The Morgan fingerprint density at radius 2 is 1.76 bits per heavy atom. The van der Waals surface area contributed by atoms with Crippen LogP contribution < -0.4 is 4.90 Å². The molecule has 0 saturated carbocycles. The molecular weight excluding hydrogens is 470 g/mol. The second-order valence-electron chi connectivity index (χ2n) is 7.11. The number of hydrogen-bond donors (Lipinski definition) is 0. The highest BCUT2D eigenvalue weighted by Crippen LogP contribution is 2.31. The Morgan fingerprint density at radius 3 is 2.48 bits per heavy atom. The number of hydrogen-bond acceptors (Lipinski definition) is 5. The van der Waals surface area contributed by atoms with Crippen LogP contribution in [0.1, 0.15) is 11.1 Å². The van der Waals surface area contributed by atoms with Crippen LogP contribution in [-0.2, 0) is 10.0 Å². The van der Waals surface area contributed by atoms with E-state index in [9.17, 15) is 8.42 Å². The molecule has 2 aromatic carbocycles. The molecule has 2 heterocycles. The molecule has 1 saturated heterocycles. The van der Waals surface area contributed by atoms with Crippen LogP contribution in [0.2, 0.25) is 0 Å². The number of piperazine rings is 1. The Kier molecular flexibility index (Phi) is 5.79. The molecule has 0 bridgehead atoms. The monoisotopic (exact) mass is 491 g/mol. The van der Waals surface area contributed by atoms with Gasteiger partial charge in [-0.05, 0) is 43.2 Å². The molecule has 29 heavy (non-hydrogen) atoms. The standard InChI is InChI=1S/C21H22BrN3O2S2/c1-15-5-3-8-19(16(15)2)20-14-28-21(23-20)24-9-11-25(12-10-24)29(26,27)18-7-4-6-17(22)13-18/h3-8,13-14H,9-12H2,1-2H3. The van der Waals surface area contributed by atoms with E-state index in [1.54, 1.807) is 33.8 Å². The Labute approximate surface area is 184 Å². The van der Waals surface area contributed by atoms with Gasteiger partial charge in [0.05, 0.1) is 10.6 Å². The summed E-state index contributed by atoms with van der Waals surface area (Å²) in [6.07, 6.45) is 0. The molecule has 8 heteroatoms. The lowest BCUT2D eigenvalue weighted by atomic mass is 10.0. The number of benzene rings is 2. The Morgan fingerprint density at radius 1 is 1.03 bits per heavy atom. The van der Waals surface area contributed by atoms with Crippen molar-refractivity contribution in [1.82, 2.24) is 9.29 Å². The molecule has 0 atom stereocenters. The van der Waals surface area contributed by atoms with Gasteiger partial charge in [0.15, 0.2) is 5.13 Å². The first-order chi connectivity index (χ1) is 13.9. The summed E-state index contributed by atoms with van der Waals surface area (Å²) in [7, 11) is -3.48. The average molecular weight is 492 g/mol. The second-order valence-corrected chi connectivity index (χ2v) is 10.8. The number of sulfonamides is 1. The molecule has 1 aromatic heterocycles. The predicted molar refractivity (Wildman–Crippen MR) is 122 cm³/mol. The largest absolute Gasteiger partial charge is 0.345 e. The van der Waals surface area contributed by atoms with Gasteiger partial charge in [-0.2, -0.15) is 4.31 Å². The van der Waals surface area contributed by atoms with Gasteiger partial charge in [0.1, 0.15) is 0 Å². The first kappa shape index (κ1) is 20.5. The van der Waals surface area contributed by atoms with Crippen LogP contribution in [0.4, 0.5) is 5.13 Å². The van der Waals surface area contributed by atoms with E-state index in [2.05, 4.69) is 58.3 Å². The zero-order chi connectivity index (χ0) is 20.6. The average Bonchev–Trinajstić information content (AvgIpc) is 3.20. The zero-order valence-electron chi connectivity index (χ0n) is 16.3. The van der Waals surface area contributed by atoms with E-state index in [4.69, 9.17) is 4.98 Å². The smallest absolute Gasteiger partial charge is 0.243 e. The van der Waals surface area contributed by atoms with Gasteiger partial charge in [-0.15, -0.1) is 11.3 Å². The van der Waals surface area contributed by atoms with Crippen LogP contribution in [0.15, 0.2) is 57.2 Å². The molecule has 0 N–H and O–H groups in total. The van der Waals surface area contributed by atoms with Crippen molar-refractivity contribution in [1.29, 1.82) is 0 Å². The van der Waals surface area contributed by atoms with Gasteiger partial charge in [-0.25, -0.2) is 13.4 Å². The molecule has 0 spiro atoms. The van der Waals surface area contributed by atoms with Gasteiger partial charge in [0, 0.05) is 41.6 Å². The number of aromatic nitrogens is 1. The third-order valence-corrected chi connectivity index (χ3v) is 8.60. The molecule has 0 radical (unpaired) electrons. The fraction of sp³-hybridized carbons (Fsp3) is 0.286. The lowest BCUT2D eigenvalue weighted by Crippen LogP contribution is -2.48. The summed E-state index contributed by atoms with van der Waals surface area (Å²) in [5.74, 6) is 0. The molecule has 1 aliphatic heterocycles. The van der Waals surface area contributed by atoms with Crippen LogP contribution >= 0.6 is 27.3 Å². The molecule has 0 unspecified atom stereocenters. The topological polar surface area (TPSA) is 53.5 Å². The summed E-state index contributed by atoms with van der Waals surface area (Å²) >= 11 is 4.96. The van der Waals surface area contributed by atoms with E-state index in [-0.39, 0.29) is 0 Å². The summed E-state index contributed by atoms with van der Waals surface area (Å²) < 4.78 is 28.2. The molecule has 0 amide bonds. The van der Waals surface area contributed by atoms with E-state index in [1.165, 1.54) is 11.1 Å². The van der Waals surface area contributed by atoms with Gasteiger partial charge in [-0.1, -0.05) is 40.2 Å². The zero-order valence-corrected chi connectivity index (χ0v) is 19.5. The summed E-state index contributed by atoms with van der Waals surface area (Å²) in [6, 6.07) is 13.1. The number of aryl methyl sites for hydroxylation is 1. The first-order valence-electron chi connectivity index (χ1n) is 9.39. The maximum absolute atomic E-state index is 12.9. The van der Waals surface area contributed by atoms with E-state index >= 15 is 0 Å². The summed E-state index contributed by atoms with van der Waals surface area (Å²) in [5.41, 5.74) is 4.64. The number of anilines is 1. The highest BCUT2D eigenvalue weighted by molar-refractivity contribution is 9.10. The Bertz CT molecular complexity index is 1140. The number of rotatable bonds is 4. The highest BCUT2D eigenvalue weighted by Gasteiger charge is 2.29. The van der Waals surface area contributed by atoms with Crippen molar-refractivity contribution in [3.63, 3.8) is 0 Å². The first-order valence-corrected chi connectivity index (χ1v) is 12.5. The van der Waals surface area contributed by atoms with Crippen LogP contribution in [0.5, 0.6) is 0 Å².